The molecule has 2 rings (SSSR count). The molecule has 0 bridgehead atoms. The van der Waals surface area contributed by atoms with Gasteiger partial charge in [0.1, 0.15) is 6.04 Å². The highest BCUT2D eigenvalue weighted by Gasteiger charge is 2.26. The molecule has 0 saturated carbocycles. The van der Waals surface area contributed by atoms with Crippen LogP contribution in [0.1, 0.15) is 31.4 Å². The van der Waals surface area contributed by atoms with Gasteiger partial charge in [-0.25, -0.2) is 8.42 Å². The van der Waals surface area contributed by atoms with E-state index in [1.165, 1.54) is 0 Å². The van der Waals surface area contributed by atoms with E-state index in [1.807, 2.05) is 51.1 Å². The maximum Gasteiger partial charge on any atom is 0.241 e. The summed E-state index contributed by atoms with van der Waals surface area (Å²) in [5, 5.41) is 2.87. The van der Waals surface area contributed by atoms with Crippen LogP contribution in [0, 0.1) is 6.92 Å². The van der Waals surface area contributed by atoms with Gasteiger partial charge in [0, 0.05) is 6.04 Å². The average Bonchev–Trinajstić information content (AvgIpc) is 2.62. The van der Waals surface area contributed by atoms with Gasteiger partial charge >= 0.3 is 0 Å². The van der Waals surface area contributed by atoms with Crippen molar-refractivity contribution in [1.29, 1.82) is 0 Å². The summed E-state index contributed by atoms with van der Waals surface area (Å²) in [6, 6.07) is 15.0. The van der Waals surface area contributed by atoms with Crippen molar-refractivity contribution in [1.82, 2.24) is 10.0 Å². The smallest absolute Gasteiger partial charge is 0.241 e. The zero-order valence-corrected chi connectivity index (χ0v) is 16.2. The first-order valence-corrected chi connectivity index (χ1v) is 10.2. The molecule has 6 heteroatoms. The Bertz CT molecular complexity index is 818. The molecule has 5 nitrogen and oxygen atoms in total. The Morgan fingerprint density at radius 2 is 1.65 bits per heavy atom. The lowest BCUT2D eigenvalue weighted by Crippen LogP contribution is -2.50. The lowest BCUT2D eigenvalue weighted by atomic mass is 10.1. The average molecular weight is 375 g/mol. The third-order valence-corrected chi connectivity index (χ3v) is 5.72. The summed E-state index contributed by atoms with van der Waals surface area (Å²) in [7, 11) is -3.79. The number of carbonyl (C=O) groups excluding carboxylic acids is 1. The van der Waals surface area contributed by atoms with E-state index < -0.39 is 16.1 Å². The van der Waals surface area contributed by atoms with Crippen LogP contribution < -0.4 is 10.0 Å². The highest BCUT2D eigenvalue weighted by atomic mass is 32.2. The van der Waals surface area contributed by atoms with E-state index in [4.69, 9.17) is 0 Å². The van der Waals surface area contributed by atoms with E-state index in [9.17, 15) is 13.2 Å². The molecule has 2 aromatic rings. The number of benzene rings is 2. The van der Waals surface area contributed by atoms with Crippen LogP contribution in [0.4, 0.5) is 0 Å². The molecule has 0 saturated heterocycles. The Labute approximate surface area is 155 Å². The van der Waals surface area contributed by atoms with E-state index in [2.05, 4.69) is 10.0 Å². The number of rotatable bonds is 8. The lowest BCUT2D eigenvalue weighted by Gasteiger charge is -2.21. The van der Waals surface area contributed by atoms with Crippen LogP contribution >= 0.6 is 0 Å². The highest BCUT2D eigenvalue weighted by Crippen LogP contribution is 2.12. The Morgan fingerprint density at radius 3 is 2.23 bits per heavy atom. The summed E-state index contributed by atoms with van der Waals surface area (Å²) in [5.74, 6) is -0.320. The summed E-state index contributed by atoms with van der Waals surface area (Å²) in [4.78, 5) is 12.8. The number of carbonyl (C=O) groups is 1. The van der Waals surface area contributed by atoms with E-state index in [-0.39, 0.29) is 23.3 Å². The molecule has 0 aromatic heterocycles. The molecule has 0 spiro atoms. The van der Waals surface area contributed by atoms with Crippen molar-refractivity contribution in [2.45, 2.75) is 50.6 Å². The largest absolute Gasteiger partial charge is 0.352 e. The quantitative estimate of drug-likeness (QED) is 0.746. The van der Waals surface area contributed by atoms with Gasteiger partial charge in [-0.1, -0.05) is 55.0 Å². The molecule has 0 fully saturated rings. The molecule has 26 heavy (non-hydrogen) atoms. The Hall–Kier alpha value is -2.18. The van der Waals surface area contributed by atoms with Gasteiger partial charge in [-0.2, -0.15) is 4.72 Å². The van der Waals surface area contributed by atoms with Crippen LogP contribution in [-0.2, 0) is 21.2 Å². The molecule has 0 unspecified atom stereocenters. The summed E-state index contributed by atoms with van der Waals surface area (Å²) < 4.78 is 28.0. The number of sulfonamides is 1. The van der Waals surface area contributed by atoms with Gasteiger partial charge in [0.15, 0.2) is 0 Å². The molecule has 0 aliphatic rings. The number of hydrogen-bond acceptors (Lipinski definition) is 3. The van der Waals surface area contributed by atoms with Gasteiger partial charge < -0.3 is 5.32 Å². The topological polar surface area (TPSA) is 75.3 Å². The van der Waals surface area contributed by atoms with Gasteiger partial charge in [0.05, 0.1) is 4.90 Å². The van der Waals surface area contributed by atoms with Crippen LogP contribution in [0.5, 0.6) is 0 Å². The zero-order chi connectivity index (χ0) is 19.2. The number of amides is 1. The SMILES string of the molecule is CC[C@H](C)NC(=O)[C@@H](Cc1ccccc1)NS(=O)(=O)c1ccc(C)cc1. The van der Waals surface area contributed by atoms with E-state index in [1.54, 1.807) is 24.3 Å². The summed E-state index contributed by atoms with van der Waals surface area (Å²) in [6.07, 6.45) is 1.06. The summed E-state index contributed by atoms with van der Waals surface area (Å²) in [5.41, 5.74) is 1.86. The van der Waals surface area contributed by atoms with Crippen molar-refractivity contribution < 1.29 is 13.2 Å². The molecule has 2 atom stereocenters. The van der Waals surface area contributed by atoms with Gasteiger partial charge in [-0.05, 0) is 44.4 Å². The summed E-state index contributed by atoms with van der Waals surface area (Å²) in [6.45, 7) is 5.75. The van der Waals surface area contributed by atoms with Crippen LogP contribution in [0.15, 0.2) is 59.5 Å². The molecule has 0 aliphatic carbocycles. The third kappa shape index (κ3) is 5.68. The first kappa shape index (κ1) is 20.1. The maximum atomic E-state index is 12.7. The molecule has 2 N–H and O–H groups in total. The minimum Gasteiger partial charge on any atom is -0.352 e. The van der Waals surface area contributed by atoms with Crippen molar-refractivity contribution in [2.24, 2.45) is 0 Å². The molecule has 0 aliphatic heterocycles. The minimum atomic E-state index is -3.79. The Morgan fingerprint density at radius 1 is 1.04 bits per heavy atom. The van der Waals surface area contributed by atoms with Crippen molar-refractivity contribution in [3.8, 4) is 0 Å². The Kier molecular flexibility index (Phi) is 6.94. The van der Waals surface area contributed by atoms with E-state index in [0.29, 0.717) is 0 Å². The fourth-order valence-corrected chi connectivity index (χ4v) is 3.65. The van der Waals surface area contributed by atoms with Crippen LogP contribution in [0.2, 0.25) is 0 Å². The van der Waals surface area contributed by atoms with Gasteiger partial charge in [0.2, 0.25) is 15.9 Å². The molecule has 1 amide bonds. The zero-order valence-electron chi connectivity index (χ0n) is 15.4. The highest BCUT2D eigenvalue weighted by molar-refractivity contribution is 7.89. The van der Waals surface area contributed by atoms with E-state index >= 15 is 0 Å². The molecule has 2 aromatic carbocycles. The fourth-order valence-electron chi connectivity index (χ4n) is 2.46. The second kappa shape index (κ2) is 8.96. The predicted octanol–water partition coefficient (Wildman–Crippen LogP) is 2.80. The lowest BCUT2D eigenvalue weighted by molar-refractivity contribution is -0.123. The summed E-state index contributed by atoms with van der Waals surface area (Å²) >= 11 is 0. The van der Waals surface area contributed by atoms with Crippen molar-refractivity contribution in [3.05, 3.63) is 65.7 Å². The second-order valence-corrected chi connectivity index (χ2v) is 8.21. The molecule has 0 heterocycles. The van der Waals surface area contributed by atoms with Crippen molar-refractivity contribution >= 4 is 15.9 Å². The van der Waals surface area contributed by atoms with Crippen LogP contribution in [0.3, 0.4) is 0 Å². The molecular formula is C20H26N2O3S. The number of nitrogens with one attached hydrogen (secondary N) is 2. The maximum absolute atomic E-state index is 12.7. The molecule has 140 valence electrons. The Balaban J connectivity index is 2.24. The first-order valence-electron chi connectivity index (χ1n) is 8.75. The van der Waals surface area contributed by atoms with E-state index in [0.717, 1.165) is 17.5 Å². The normalized spacial score (nSPS) is 13.8. The monoisotopic (exact) mass is 374 g/mol. The third-order valence-electron chi connectivity index (χ3n) is 4.23. The number of hydrogen-bond donors (Lipinski definition) is 2. The van der Waals surface area contributed by atoms with Crippen LogP contribution in [0.25, 0.3) is 0 Å². The first-order chi connectivity index (χ1) is 12.3. The minimum absolute atomic E-state index is 0.0235. The van der Waals surface area contributed by atoms with Crippen molar-refractivity contribution in [2.75, 3.05) is 0 Å². The molecular weight excluding hydrogens is 348 g/mol. The van der Waals surface area contributed by atoms with Gasteiger partial charge in [-0.3, -0.25) is 4.79 Å². The number of aryl methyl sites for hydroxylation is 1. The van der Waals surface area contributed by atoms with Crippen molar-refractivity contribution in [3.63, 3.8) is 0 Å². The fraction of sp³-hybridized carbons (Fsp3) is 0.350. The van der Waals surface area contributed by atoms with Crippen LogP contribution in [-0.4, -0.2) is 26.4 Å². The second-order valence-electron chi connectivity index (χ2n) is 6.49. The van der Waals surface area contributed by atoms with Gasteiger partial charge in [0.25, 0.3) is 0 Å². The standard InChI is InChI=1S/C20H26N2O3S/c1-4-16(3)21-20(23)19(14-17-8-6-5-7-9-17)22-26(24,25)18-12-10-15(2)11-13-18/h5-13,16,19,22H,4,14H2,1-3H3,(H,21,23)/t16-,19+/m0/s1. The molecule has 0 radical (unpaired) electrons. The predicted molar refractivity (Wildman–Crippen MR) is 103 cm³/mol. The van der Waals surface area contributed by atoms with Gasteiger partial charge in [-0.15, -0.1) is 0 Å².